The molecule has 1 aliphatic heterocycles. The maximum absolute atomic E-state index is 12.1. The molecule has 1 fully saturated rings. The number of thiocarbonyl (C=S) groups is 1. The van der Waals surface area contributed by atoms with Gasteiger partial charge in [0.25, 0.3) is 11.8 Å². The molecule has 0 aliphatic carbocycles. The molecule has 0 spiro atoms. The van der Waals surface area contributed by atoms with Crippen LogP contribution >= 0.6 is 12.2 Å². The molecule has 2 rings (SSSR count). The predicted molar refractivity (Wildman–Crippen MR) is 76.4 cm³/mol. The maximum Gasteiger partial charge on any atom is 0.265 e. The van der Waals surface area contributed by atoms with Crippen LogP contribution in [0, 0.1) is 13.8 Å². The maximum atomic E-state index is 12.1. The zero-order valence-electron chi connectivity index (χ0n) is 11.3. The van der Waals surface area contributed by atoms with Gasteiger partial charge in [-0.1, -0.05) is 0 Å². The number of aromatic nitrogens is 1. The van der Waals surface area contributed by atoms with Crippen LogP contribution in [0.25, 0.3) is 6.08 Å². The van der Waals surface area contributed by atoms with Crippen LogP contribution in [0.3, 0.4) is 0 Å². The van der Waals surface area contributed by atoms with Gasteiger partial charge in [-0.2, -0.15) is 0 Å². The molecule has 100 valence electrons. The van der Waals surface area contributed by atoms with Crippen LogP contribution in [0.2, 0.25) is 0 Å². The molecule has 0 saturated carbocycles. The molecule has 1 aliphatic rings. The van der Waals surface area contributed by atoms with Crippen molar-refractivity contribution in [2.24, 2.45) is 7.05 Å². The summed E-state index contributed by atoms with van der Waals surface area (Å²) in [7, 11) is 3.48. The van der Waals surface area contributed by atoms with Gasteiger partial charge in [0.05, 0.1) is 0 Å². The van der Waals surface area contributed by atoms with E-state index in [0.717, 1.165) is 17.0 Å². The molecule has 2 heterocycles. The number of nitrogens with zero attached hydrogens (tertiary/aromatic N) is 2. The first-order chi connectivity index (χ1) is 8.82. The van der Waals surface area contributed by atoms with E-state index in [1.165, 1.54) is 4.90 Å². The van der Waals surface area contributed by atoms with Crippen molar-refractivity contribution in [2.45, 2.75) is 13.8 Å². The van der Waals surface area contributed by atoms with Crippen molar-refractivity contribution in [3.05, 3.63) is 28.6 Å². The van der Waals surface area contributed by atoms with Gasteiger partial charge < -0.3 is 4.57 Å². The van der Waals surface area contributed by atoms with Gasteiger partial charge in [0, 0.05) is 25.5 Å². The summed E-state index contributed by atoms with van der Waals surface area (Å²) >= 11 is 4.89. The van der Waals surface area contributed by atoms with Crippen LogP contribution in [0.5, 0.6) is 0 Å². The van der Waals surface area contributed by atoms with E-state index in [1.54, 1.807) is 13.1 Å². The first-order valence-corrected chi connectivity index (χ1v) is 6.21. The lowest BCUT2D eigenvalue weighted by Gasteiger charge is -2.24. The Morgan fingerprint density at radius 3 is 2.42 bits per heavy atom. The second-order valence-electron chi connectivity index (χ2n) is 4.57. The second-order valence-corrected chi connectivity index (χ2v) is 4.95. The third kappa shape index (κ3) is 2.19. The molecule has 0 atom stereocenters. The predicted octanol–water partition coefficient (Wildman–Crippen LogP) is 0.898. The SMILES string of the molecule is Cc1cc(C=C2C(=O)NC(=S)N(C)C2=O)c(C)n1C. The van der Waals surface area contributed by atoms with Gasteiger partial charge >= 0.3 is 0 Å². The van der Waals surface area contributed by atoms with Crippen LogP contribution in [0.4, 0.5) is 0 Å². The lowest BCUT2D eigenvalue weighted by atomic mass is 10.1. The molecule has 5 nitrogen and oxygen atoms in total. The van der Waals surface area contributed by atoms with Crippen molar-refractivity contribution in [1.82, 2.24) is 14.8 Å². The van der Waals surface area contributed by atoms with E-state index in [1.807, 2.05) is 31.5 Å². The average molecular weight is 277 g/mol. The highest BCUT2D eigenvalue weighted by molar-refractivity contribution is 7.80. The largest absolute Gasteiger partial charge is 0.352 e. The summed E-state index contributed by atoms with van der Waals surface area (Å²) in [5.41, 5.74) is 3.03. The third-order valence-corrected chi connectivity index (χ3v) is 3.79. The van der Waals surface area contributed by atoms with Crippen molar-refractivity contribution in [1.29, 1.82) is 0 Å². The fourth-order valence-electron chi connectivity index (χ4n) is 1.93. The van der Waals surface area contributed by atoms with Crippen LogP contribution in [0.1, 0.15) is 17.0 Å². The Balaban J connectivity index is 2.47. The minimum absolute atomic E-state index is 0.102. The Hall–Kier alpha value is -1.95. The summed E-state index contributed by atoms with van der Waals surface area (Å²) in [6.45, 7) is 3.91. The van der Waals surface area contributed by atoms with E-state index in [-0.39, 0.29) is 16.6 Å². The van der Waals surface area contributed by atoms with Crippen LogP contribution in [0.15, 0.2) is 11.6 Å². The van der Waals surface area contributed by atoms with E-state index in [4.69, 9.17) is 12.2 Å². The van der Waals surface area contributed by atoms with Crippen molar-refractivity contribution in [3.8, 4) is 0 Å². The molecule has 0 unspecified atom stereocenters. The van der Waals surface area contributed by atoms with Crippen LogP contribution in [-0.2, 0) is 16.6 Å². The van der Waals surface area contributed by atoms with E-state index >= 15 is 0 Å². The van der Waals surface area contributed by atoms with Crippen LogP contribution in [-0.4, -0.2) is 33.4 Å². The minimum atomic E-state index is -0.450. The molecule has 1 aromatic heterocycles. The second kappa shape index (κ2) is 4.62. The number of aryl methyl sites for hydroxylation is 1. The molecule has 0 radical (unpaired) electrons. The molecule has 6 heteroatoms. The zero-order chi connectivity index (χ0) is 14.3. The summed E-state index contributed by atoms with van der Waals surface area (Å²) in [6, 6.07) is 1.94. The normalized spacial score (nSPS) is 18.2. The first kappa shape index (κ1) is 13.5. The molecule has 1 aromatic rings. The lowest BCUT2D eigenvalue weighted by molar-refractivity contribution is -0.128. The number of nitrogens with one attached hydrogen (secondary N) is 1. The molecular formula is C13H15N3O2S. The van der Waals surface area contributed by atoms with Crippen molar-refractivity contribution < 1.29 is 9.59 Å². The number of hydrogen-bond acceptors (Lipinski definition) is 3. The lowest BCUT2D eigenvalue weighted by Crippen LogP contribution is -2.52. The first-order valence-electron chi connectivity index (χ1n) is 5.81. The third-order valence-electron chi connectivity index (χ3n) is 3.42. The Labute approximate surface area is 116 Å². The highest BCUT2D eigenvalue weighted by atomic mass is 32.1. The number of rotatable bonds is 1. The quantitative estimate of drug-likeness (QED) is 0.471. The molecule has 1 saturated heterocycles. The summed E-state index contributed by atoms with van der Waals surface area (Å²) < 4.78 is 2.01. The van der Waals surface area contributed by atoms with Crippen molar-refractivity contribution >= 4 is 35.2 Å². The summed E-state index contributed by atoms with van der Waals surface area (Å²) in [6.07, 6.45) is 1.61. The molecule has 1 N–H and O–H groups in total. The average Bonchev–Trinajstić information content (AvgIpc) is 2.59. The summed E-state index contributed by atoms with van der Waals surface area (Å²) in [4.78, 5) is 25.2. The van der Waals surface area contributed by atoms with Gasteiger partial charge in [-0.15, -0.1) is 0 Å². The van der Waals surface area contributed by atoms with Gasteiger partial charge in [0.1, 0.15) is 5.57 Å². The molecule has 2 amide bonds. The Morgan fingerprint density at radius 1 is 1.26 bits per heavy atom. The summed E-state index contributed by atoms with van der Waals surface area (Å²) in [5, 5.41) is 2.63. The van der Waals surface area contributed by atoms with E-state index < -0.39 is 5.91 Å². The van der Waals surface area contributed by atoms with Crippen molar-refractivity contribution in [2.75, 3.05) is 7.05 Å². The highest BCUT2D eigenvalue weighted by Gasteiger charge is 2.30. The number of hydrogen-bond donors (Lipinski definition) is 1. The van der Waals surface area contributed by atoms with Gasteiger partial charge in [-0.3, -0.25) is 19.8 Å². The highest BCUT2D eigenvalue weighted by Crippen LogP contribution is 2.19. The fourth-order valence-corrected chi connectivity index (χ4v) is 2.11. The fraction of sp³-hybridized carbons (Fsp3) is 0.308. The zero-order valence-corrected chi connectivity index (χ0v) is 12.1. The van der Waals surface area contributed by atoms with E-state index in [2.05, 4.69) is 5.32 Å². The Morgan fingerprint density at radius 2 is 1.89 bits per heavy atom. The van der Waals surface area contributed by atoms with Gasteiger partial charge in [-0.05, 0) is 43.8 Å². The number of carbonyl (C=O) groups is 2. The minimum Gasteiger partial charge on any atom is -0.352 e. The van der Waals surface area contributed by atoms with E-state index in [9.17, 15) is 9.59 Å². The molecule has 19 heavy (non-hydrogen) atoms. The summed E-state index contributed by atoms with van der Waals surface area (Å²) in [5.74, 6) is -0.830. The van der Waals surface area contributed by atoms with E-state index in [0.29, 0.717) is 0 Å². The number of amides is 2. The Bertz CT molecular complexity index is 628. The van der Waals surface area contributed by atoms with Gasteiger partial charge in [0.2, 0.25) is 0 Å². The van der Waals surface area contributed by atoms with Crippen LogP contribution < -0.4 is 5.32 Å². The van der Waals surface area contributed by atoms with Crippen molar-refractivity contribution in [3.63, 3.8) is 0 Å². The topological polar surface area (TPSA) is 54.3 Å². The Kier molecular flexibility index (Phi) is 3.28. The smallest absolute Gasteiger partial charge is 0.265 e. The van der Waals surface area contributed by atoms with Gasteiger partial charge in [-0.25, -0.2) is 0 Å². The standard InChI is InChI=1S/C13H15N3O2S/c1-7-5-9(8(2)15(7)3)6-10-11(17)14-13(19)16(4)12(10)18/h5-6H,1-4H3,(H,14,17,19). The monoisotopic (exact) mass is 277 g/mol. The molecule has 0 bridgehead atoms. The number of likely N-dealkylation sites (N-methyl/N-ethyl adjacent to an activating group) is 1. The number of carbonyl (C=O) groups excluding carboxylic acids is 2. The van der Waals surface area contributed by atoms with Gasteiger partial charge in [0.15, 0.2) is 5.11 Å². The molecular weight excluding hydrogens is 262 g/mol. The molecule has 0 aromatic carbocycles.